The summed E-state index contributed by atoms with van der Waals surface area (Å²) in [5, 5.41) is 16.2. The van der Waals surface area contributed by atoms with Gasteiger partial charge in [-0.2, -0.15) is 0 Å². The lowest BCUT2D eigenvalue weighted by Gasteiger charge is -1.98. The Labute approximate surface area is 812 Å². The molecule has 0 aliphatic carbocycles. The lowest BCUT2D eigenvalue weighted by molar-refractivity contribution is 0.974. The first kappa shape index (κ1) is 123. The van der Waals surface area contributed by atoms with Crippen LogP contribution in [0.4, 0.5) is 0 Å². The molecule has 11 heterocycles. The normalized spacial score (nSPS) is 8.93. The van der Waals surface area contributed by atoms with Gasteiger partial charge in [-0.05, 0) is 221 Å². The monoisotopic (exact) mass is 1810 g/mol. The molecule has 0 N–H and O–H groups in total. The Morgan fingerprint density at radius 3 is 1.09 bits per heavy atom. The Morgan fingerprint density at radius 2 is 0.541 bits per heavy atom. The van der Waals surface area contributed by atoms with Crippen molar-refractivity contribution in [3.63, 3.8) is 0 Å². The number of benzene rings is 9. The smallest absolute Gasteiger partial charge is 0.128 e. The Morgan fingerprint density at radius 1 is 0.163 bits per heavy atom. The Hall–Kier alpha value is -14.2. The van der Waals surface area contributed by atoms with Gasteiger partial charge in [0.2, 0.25) is 0 Å². The highest BCUT2D eigenvalue weighted by molar-refractivity contribution is 5.88. The van der Waals surface area contributed by atoms with E-state index in [-0.39, 0.29) is 0 Å². The first-order valence-electron chi connectivity index (χ1n) is 48.2. The second-order valence-corrected chi connectivity index (χ2v) is 26.6. The number of pyridine rings is 9. The lowest BCUT2D eigenvalue weighted by atomic mass is 10.1. The molecule has 14 nitrogen and oxygen atoms in total. The summed E-state index contributed by atoms with van der Waals surface area (Å²) in [6, 6.07) is 86.4. The third-order valence-corrected chi connectivity index (χ3v) is 17.9. The molecule has 0 radical (unpaired) electrons. The Bertz CT molecular complexity index is 5400. The van der Waals surface area contributed by atoms with Crippen LogP contribution in [0.2, 0.25) is 0 Å². The fourth-order valence-electron chi connectivity index (χ4n) is 11.9. The second kappa shape index (κ2) is 79.5. The van der Waals surface area contributed by atoms with Crippen molar-refractivity contribution in [2.45, 2.75) is 228 Å². The standard InChI is InChI=1S/9C10H9N.C5H6N2.C4H5N3.11C2H6/c1-8-4-2-6-10-9(8)5-3-7-11-10;1-8-4-2-5-9-6-3-7-11-10(8)9;1-8-4-5-10-9(7-8)3-2-6-11-10;1-8-3-2-4-9-7-11-6-5-10(8)9;1-8-3-2-4-9-5-6-11-7-10(8)9;1-8-6-11-7-9-4-2-3-5-10(8)9;1-8-6-9-4-2-3-5-10(9)11-7-8;1-8-10-5-3-2-4-9(10)6-7-11-8;1-8-6-7-11-10-5-3-2-4-9(8)10;1-5-2-6-4-7-3-5;1-4-6-2-5-3-7-4;11*1-2/h9*2-7H,1H3;2-4H,1H3;2-3H,1H3;11*1-2H3. The van der Waals surface area contributed by atoms with E-state index in [0.717, 1.165) is 44.7 Å². The molecule has 0 bridgehead atoms. The maximum atomic E-state index is 4.28. The van der Waals surface area contributed by atoms with Crippen molar-refractivity contribution in [1.29, 1.82) is 0 Å². The molecule has 135 heavy (non-hydrogen) atoms. The fraction of sp³-hybridized carbons (Fsp3) is 0.273. The van der Waals surface area contributed by atoms with Gasteiger partial charge in [0, 0.05) is 141 Å². The zero-order valence-corrected chi connectivity index (χ0v) is 87.8. The van der Waals surface area contributed by atoms with E-state index in [0.29, 0.717) is 0 Å². The van der Waals surface area contributed by atoms with E-state index in [2.05, 4.69) is 265 Å². The van der Waals surface area contributed by atoms with Crippen molar-refractivity contribution < 1.29 is 0 Å². The predicted molar refractivity (Wildman–Crippen MR) is 594 cm³/mol. The number of aryl methyl sites for hydroxylation is 11. The number of rotatable bonds is 0. The zero-order valence-electron chi connectivity index (χ0n) is 87.8. The van der Waals surface area contributed by atoms with Crippen molar-refractivity contribution in [2.24, 2.45) is 0 Å². The van der Waals surface area contributed by atoms with Crippen molar-refractivity contribution in [2.75, 3.05) is 0 Å². The minimum atomic E-state index is 0.759. The predicted octanol–water partition coefficient (Wildman–Crippen LogP) is 35.1. The number of fused-ring (bicyclic) bond motifs is 9. The highest BCUT2D eigenvalue weighted by atomic mass is 15.0. The largest absolute Gasteiger partial charge is 0.264 e. The average molecular weight is 1810 g/mol. The van der Waals surface area contributed by atoms with E-state index >= 15 is 0 Å². The summed E-state index contributed by atoms with van der Waals surface area (Å²) in [5.41, 5.74) is 17.7. The molecule has 0 fully saturated rings. The van der Waals surface area contributed by atoms with Gasteiger partial charge in [0.05, 0.1) is 27.6 Å². The van der Waals surface area contributed by atoms with Crippen LogP contribution in [0.25, 0.3) is 97.6 Å². The minimum absolute atomic E-state index is 0.759. The molecular formula is C121H158N14. The molecule has 0 spiro atoms. The van der Waals surface area contributed by atoms with Crippen LogP contribution < -0.4 is 0 Å². The quantitative estimate of drug-likeness (QED) is 0.140. The summed E-state index contributed by atoms with van der Waals surface area (Å²) in [6.07, 6.45) is 30.3. The third kappa shape index (κ3) is 46.6. The van der Waals surface area contributed by atoms with Crippen LogP contribution in [0, 0.1) is 76.2 Å². The molecule has 9 aromatic carbocycles. The highest BCUT2D eigenvalue weighted by Crippen LogP contribution is 2.22. The Balaban J connectivity index is 0. The molecule has 0 amide bonds. The van der Waals surface area contributed by atoms with Crippen LogP contribution in [0.15, 0.2) is 361 Å². The van der Waals surface area contributed by atoms with Gasteiger partial charge in [-0.25, -0.2) is 24.9 Å². The van der Waals surface area contributed by atoms with Crippen molar-refractivity contribution >= 4 is 97.6 Å². The van der Waals surface area contributed by atoms with Crippen LogP contribution in [0.1, 0.15) is 214 Å². The van der Waals surface area contributed by atoms with E-state index in [1.54, 1.807) is 12.4 Å². The van der Waals surface area contributed by atoms with Gasteiger partial charge < -0.3 is 0 Å². The summed E-state index contributed by atoms with van der Waals surface area (Å²) in [5.74, 6) is 0.759. The number of hydrogen-bond donors (Lipinski definition) is 0. The molecule has 712 valence electrons. The highest BCUT2D eigenvalue weighted by Gasteiger charge is 2.01. The van der Waals surface area contributed by atoms with Crippen LogP contribution >= 0.6 is 0 Å². The van der Waals surface area contributed by atoms with E-state index in [4.69, 9.17) is 0 Å². The molecule has 20 rings (SSSR count). The summed E-state index contributed by atoms with van der Waals surface area (Å²) in [7, 11) is 0. The van der Waals surface area contributed by atoms with Crippen molar-refractivity contribution in [3.8, 4) is 0 Å². The maximum absolute atomic E-state index is 4.28. The summed E-state index contributed by atoms with van der Waals surface area (Å²) in [4.78, 5) is 56.4. The van der Waals surface area contributed by atoms with E-state index in [1.807, 2.05) is 363 Å². The van der Waals surface area contributed by atoms with E-state index in [9.17, 15) is 0 Å². The van der Waals surface area contributed by atoms with Crippen molar-refractivity contribution in [1.82, 2.24) is 69.8 Å². The number of nitrogens with zero attached hydrogens (tertiary/aromatic N) is 14. The molecule has 0 saturated heterocycles. The van der Waals surface area contributed by atoms with Crippen molar-refractivity contribution in [3.05, 3.63) is 422 Å². The molecule has 20 aromatic rings. The van der Waals surface area contributed by atoms with Gasteiger partial charge in [0.1, 0.15) is 24.8 Å². The molecule has 0 saturated carbocycles. The molecule has 0 unspecified atom stereocenters. The SMILES string of the molecule is CC.CC.CC.CC.CC.CC.CC.CC.CC.CC.CC.Cc1ccc2ncccc2c1.Cc1cccc2cccnc12.Cc1cccc2ccncc12.Cc1cccc2cnccc12.Cc1cccc2ncccc12.Cc1ccnc2ccccc12.Cc1cnc2ccccc2c1.Cc1cncc2ccccc12.Cc1cncnc1.Cc1nccc2ccccc12.Cc1ncncn1. The molecule has 11 aromatic heterocycles. The fourth-order valence-corrected chi connectivity index (χ4v) is 11.9. The van der Waals surface area contributed by atoms with Crippen LogP contribution in [0.5, 0.6) is 0 Å². The van der Waals surface area contributed by atoms with E-state index < -0.39 is 0 Å². The minimum Gasteiger partial charge on any atom is -0.264 e. The number of hydrogen-bond acceptors (Lipinski definition) is 14. The summed E-state index contributed by atoms with van der Waals surface area (Å²) >= 11 is 0. The van der Waals surface area contributed by atoms with E-state index in [1.165, 1.54) is 134 Å². The molecule has 14 heteroatoms. The first-order chi connectivity index (χ1) is 66.1. The van der Waals surface area contributed by atoms with Gasteiger partial charge in [-0.15, -0.1) is 0 Å². The second-order valence-electron chi connectivity index (χ2n) is 26.6. The van der Waals surface area contributed by atoms with Crippen LogP contribution in [0.3, 0.4) is 0 Å². The van der Waals surface area contributed by atoms with Gasteiger partial charge in [-0.1, -0.05) is 334 Å². The van der Waals surface area contributed by atoms with Gasteiger partial charge in [-0.3, -0.25) is 44.9 Å². The molecule has 0 aliphatic rings. The van der Waals surface area contributed by atoms with Crippen LogP contribution in [-0.2, 0) is 0 Å². The van der Waals surface area contributed by atoms with Gasteiger partial charge in [0.25, 0.3) is 0 Å². The number of para-hydroxylation sites is 3. The average Bonchev–Trinajstić information content (AvgIpc) is 0.849. The topological polar surface area (TPSA) is 180 Å². The summed E-state index contributed by atoms with van der Waals surface area (Å²) in [6.45, 7) is 66.5. The Kier molecular flexibility index (Phi) is 72.3. The van der Waals surface area contributed by atoms with Gasteiger partial charge >= 0.3 is 0 Å². The third-order valence-electron chi connectivity index (χ3n) is 17.9. The maximum Gasteiger partial charge on any atom is 0.128 e. The lowest BCUT2D eigenvalue weighted by Crippen LogP contribution is -1.84. The zero-order chi connectivity index (χ0) is 101. The summed E-state index contributed by atoms with van der Waals surface area (Å²) < 4.78 is 0. The molecule has 0 aliphatic heterocycles. The van der Waals surface area contributed by atoms with Crippen LogP contribution in [-0.4, -0.2) is 69.8 Å². The number of aromatic nitrogens is 14. The molecule has 0 atom stereocenters. The van der Waals surface area contributed by atoms with Gasteiger partial charge in [0.15, 0.2) is 0 Å². The first-order valence-corrected chi connectivity index (χ1v) is 48.2. The molecular weight excluding hydrogens is 1650 g/mol.